The summed E-state index contributed by atoms with van der Waals surface area (Å²) in [4.78, 5) is 14.5. The van der Waals surface area contributed by atoms with Gasteiger partial charge in [0.1, 0.15) is 5.82 Å². The quantitative estimate of drug-likeness (QED) is 0.325. The van der Waals surface area contributed by atoms with Crippen molar-refractivity contribution in [1.29, 1.82) is 0 Å². The normalized spacial score (nSPS) is 18.4. The second-order valence-electron chi connectivity index (χ2n) is 10.9. The van der Waals surface area contributed by atoms with Crippen molar-refractivity contribution in [3.8, 4) is 17.3 Å². The third kappa shape index (κ3) is 4.17. The van der Waals surface area contributed by atoms with Crippen LogP contribution in [0, 0.1) is 12.7 Å². The first-order valence-electron chi connectivity index (χ1n) is 14.0. The van der Waals surface area contributed by atoms with Gasteiger partial charge in [-0.3, -0.25) is 0 Å². The van der Waals surface area contributed by atoms with Crippen molar-refractivity contribution < 1.29 is 18.6 Å². The number of ether oxygens (including phenoxy) is 3. The summed E-state index contributed by atoms with van der Waals surface area (Å²) in [5.74, 6) is 0.207. The molecule has 3 aliphatic heterocycles. The fourth-order valence-corrected chi connectivity index (χ4v) is 6.65. The van der Waals surface area contributed by atoms with Gasteiger partial charge in [-0.2, -0.15) is 0 Å². The van der Waals surface area contributed by atoms with Gasteiger partial charge in [0.2, 0.25) is 5.88 Å². The van der Waals surface area contributed by atoms with Crippen molar-refractivity contribution in [3.63, 3.8) is 0 Å². The number of pyridine rings is 2. The highest BCUT2D eigenvalue weighted by molar-refractivity contribution is 5.99. The monoisotopic (exact) mass is 540 g/mol. The summed E-state index contributed by atoms with van der Waals surface area (Å²) in [5.41, 5.74) is 7.85. The molecular weight excluding hydrogens is 507 g/mol. The first-order valence-corrected chi connectivity index (χ1v) is 14.0. The van der Waals surface area contributed by atoms with Crippen LogP contribution in [0.4, 0.5) is 21.5 Å². The molecule has 0 saturated carbocycles. The largest absolute Gasteiger partial charge is 0.481 e. The first-order chi connectivity index (χ1) is 19.6. The Hall–Kier alpha value is -3.75. The third-order valence-corrected chi connectivity index (χ3v) is 8.73. The first kappa shape index (κ1) is 25.2. The van der Waals surface area contributed by atoms with Crippen molar-refractivity contribution >= 4 is 28.0 Å². The van der Waals surface area contributed by atoms with E-state index >= 15 is 0 Å². The van der Waals surface area contributed by atoms with Gasteiger partial charge in [0, 0.05) is 72.7 Å². The Kier molecular flexibility index (Phi) is 6.32. The summed E-state index contributed by atoms with van der Waals surface area (Å²) in [6, 6.07) is 17.5. The number of fused-ring (bicyclic) bond motifs is 3. The molecule has 3 aliphatic rings. The van der Waals surface area contributed by atoms with Crippen molar-refractivity contribution in [2.24, 2.45) is 0 Å². The van der Waals surface area contributed by atoms with Gasteiger partial charge < -0.3 is 24.0 Å². The van der Waals surface area contributed by atoms with Crippen LogP contribution in [0.2, 0.25) is 0 Å². The number of halogens is 1. The van der Waals surface area contributed by atoms with Crippen LogP contribution in [0.25, 0.3) is 22.3 Å². The molecule has 4 aromatic rings. The number of morpholine rings is 1. The topological polar surface area (TPSA) is 60.0 Å². The highest BCUT2D eigenvalue weighted by Crippen LogP contribution is 2.52. The van der Waals surface area contributed by atoms with Crippen LogP contribution in [0.1, 0.15) is 24.0 Å². The molecule has 0 radical (unpaired) electrons. The minimum absolute atomic E-state index is 0.00638. The molecule has 2 saturated heterocycles. The van der Waals surface area contributed by atoms with Gasteiger partial charge in [0.25, 0.3) is 0 Å². The maximum absolute atomic E-state index is 14.6. The molecule has 5 heterocycles. The van der Waals surface area contributed by atoms with Crippen molar-refractivity contribution in [2.75, 3.05) is 63.0 Å². The second kappa shape index (κ2) is 10.0. The fraction of sp³-hybridized carbons (Fsp3) is 0.375. The minimum atomic E-state index is -0.309. The second-order valence-corrected chi connectivity index (χ2v) is 10.9. The predicted octanol–water partition coefficient (Wildman–Crippen LogP) is 5.79. The Balaban J connectivity index is 1.45. The van der Waals surface area contributed by atoms with Gasteiger partial charge in [-0.15, -0.1) is 0 Å². The summed E-state index contributed by atoms with van der Waals surface area (Å²) in [6.07, 6.45) is 1.93. The van der Waals surface area contributed by atoms with Crippen LogP contribution in [-0.2, 0) is 14.9 Å². The zero-order valence-corrected chi connectivity index (χ0v) is 23.0. The zero-order valence-electron chi connectivity index (χ0n) is 23.0. The molecule has 40 heavy (non-hydrogen) atoms. The summed E-state index contributed by atoms with van der Waals surface area (Å²) < 4.78 is 31.4. The predicted molar refractivity (Wildman–Crippen MR) is 154 cm³/mol. The van der Waals surface area contributed by atoms with Crippen LogP contribution in [0.5, 0.6) is 5.88 Å². The smallest absolute Gasteiger partial charge is 0.213 e. The molecule has 7 rings (SSSR count). The minimum Gasteiger partial charge on any atom is -0.481 e. The lowest BCUT2D eigenvalue weighted by Gasteiger charge is -2.35. The van der Waals surface area contributed by atoms with E-state index in [4.69, 9.17) is 24.2 Å². The number of hydrogen-bond donors (Lipinski definition) is 0. The number of anilines is 3. The average molecular weight is 541 g/mol. The van der Waals surface area contributed by atoms with E-state index in [0.717, 1.165) is 81.2 Å². The molecule has 0 N–H and O–H groups in total. The number of hydrogen-bond acceptors (Lipinski definition) is 7. The van der Waals surface area contributed by atoms with Gasteiger partial charge in [0.15, 0.2) is 0 Å². The van der Waals surface area contributed by atoms with Crippen LogP contribution < -0.4 is 14.5 Å². The molecule has 0 amide bonds. The number of benzene rings is 2. The van der Waals surface area contributed by atoms with Crippen LogP contribution in [0.15, 0.2) is 54.6 Å². The summed E-state index contributed by atoms with van der Waals surface area (Å²) in [6.45, 7) is 7.65. The molecule has 2 aromatic heterocycles. The maximum Gasteiger partial charge on any atom is 0.213 e. The highest BCUT2D eigenvalue weighted by atomic mass is 19.1. The van der Waals surface area contributed by atoms with E-state index in [1.165, 1.54) is 29.1 Å². The van der Waals surface area contributed by atoms with Crippen LogP contribution in [0.3, 0.4) is 0 Å². The Bertz CT molecular complexity index is 1580. The van der Waals surface area contributed by atoms with Gasteiger partial charge in [0.05, 0.1) is 42.9 Å². The van der Waals surface area contributed by atoms with Crippen molar-refractivity contribution in [2.45, 2.75) is 25.2 Å². The molecule has 2 fully saturated rings. The van der Waals surface area contributed by atoms with Gasteiger partial charge in [-0.25, -0.2) is 14.4 Å². The van der Waals surface area contributed by atoms with Crippen LogP contribution in [-0.4, -0.2) is 63.1 Å². The number of rotatable bonds is 4. The highest BCUT2D eigenvalue weighted by Gasteiger charge is 2.45. The summed E-state index contributed by atoms with van der Waals surface area (Å²) >= 11 is 0. The molecule has 0 aliphatic carbocycles. The summed E-state index contributed by atoms with van der Waals surface area (Å²) in [5, 5.41) is 0.928. The van der Waals surface area contributed by atoms with Gasteiger partial charge in [-0.05, 0) is 55.7 Å². The van der Waals surface area contributed by atoms with Crippen molar-refractivity contribution in [1.82, 2.24) is 9.97 Å². The molecule has 206 valence electrons. The van der Waals surface area contributed by atoms with Crippen LogP contribution >= 0.6 is 0 Å². The van der Waals surface area contributed by atoms with Crippen molar-refractivity contribution in [3.05, 3.63) is 71.5 Å². The van der Waals surface area contributed by atoms with E-state index in [9.17, 15) is 4.39 Å². The molecule has 0 unspecified atom stereocenters. The van der Waals surface area contributed by atoms with E-state index in [0.29, 0.717) is 17.1 Å². The Morgan fingerprint density at radius 3 is 2.52 bits per heavy atom. The van der Waals surface area contributed by atoms with Gasteiger partial charge >= 0.3 is 0 Å². The molecule has 8 heteroatoms. The fourth-order valence-electron chi connectivity index (χ4n) is 6.65. The average Bonchev–Trinajstić information content (AvgIpc) is 3.30. The van der Waals surface area contributed by atoms with E-state index in [1.54, 1.807) is 7.11 Å². The van der Waals surface area contributed by atoms with E-state index in [1.807, 2.05) is 24.3 Å². The number of nitrogens with zero attached hydrogens (tertiary/aromatic N) is 4. The summed E-state index contributed by atoms with van der Waals surface area (Å²) in [7, 11) is 1.61. The number of methoxy groups -OCH3 is 1. The molecule has 7 nitrogen and oxygen atoms in total. The maximum atomic E-state index is 14.6. The Morgan fingerprint density at radius 2 is 1.73 bits per heavy atom. The Labute approximate surface area is 233 Å². The zero-order chi connectivity index (χ0) is 27.3. The lowest BCUT2D eigenvalue weighted by Crippen LogP contribution is -2.37. The van der Waals surface area contributed by atoms with Gasteiger partial charge in [-0.1, -0.05) is 12.1 Å². The molecule has 2 aromatic carbocycles. The lowest BCUT2D eigenvalue weighted by atomic mass is 9.76. The number of aromatic nitrogens is 2. The Morgan fingerprint density at radius 1 is 0.925 bits per heavy atom. The molecule has 0 bridgehead atoms. The lowest BCUT2D eigenvalue weighted by molar-refractivity contribution is 0.0558. The third-order valence-electron chi connectivity index (χ3n) is 8.73. The SMILES string of the molecule is COc1cccc(-c2nc3cc(F)ccc3c(N3CC4(CCOCC4)c4ccc(N5CCOCC5)cc43)c2C)n1. The molecule has 1 spiro atoms. The molecular formula is C32H33FN4O3. The van der Waals surface area contributed by atoms with E-state index in [2.05, 4.69) is 34.9 Å². The standard InChI is InChI=1S/C32H33FN4O3/c1-21-30(26-4-3-5-29(34-26)38-2)35-27-18-22(33)6-8-24(27)31(21)37-20-32(10-14-39-15-11-32)25-9-7-23(19-28(25)37)36-12-16-40-17-13-36/h3-9,18-19H,10-17,20H2,1-2H3. The van der Waals surface area contributed by atoms with E-state index < -0.39 is 0 Å². The van der Waals surface area contributed by atoms with E-state index in [-0.39, 0.29) is 11.2 Å². The molecule has 0 atom stereocenters.